The first kappa shape index (κ1) is 21.0. The quantitative estimate of drug-likeness (QED) is 0.494. The van der Waals surface area contributed by atoms with E-state index in [0.717, 1.165) is 28.4 Å². The summed E-state index contributed by atoms with van der Waals surface area (Å²) in [4.78, 5) is 26.3. The number of hydrogen-bond donors (Lipinski definition) is 0. The Morgan fingerprint density at radius 3 is 2.40 bits per heavy atom. The normalized spacial score (nSPS) is 18.1. The summed E-state index contributed by atoms with van der Waals surface area (Å²) in [7, 11) is 0. The van der Waals surface area contributed by atoms with E-state index in [1.807, 2.05) is 24.3 Å². The molecule has 0 radical (unpaired) electrons. The van der Waals surface area contributed by atoms with E-state index in [1.165, 1.54) is 29.1 Å². The maximum atomic E-state index is 14.6. The predicted molar refractivity (Wildman–Crippen MR) is 114 cm³/mol. The molecule has 2 amide bonds. The van der Waals surface area contributed by atoms with Crippen molar-refractivity contribution in [3.63, 3.8) is 0 Å². The van der Waals surface area contributed by atoms with Gasteiger partial charge in [0, 0.05) is 16.4 Å². The Balaban J connectivity index is 1.75. The van der Waals surface area contributed by atoms with Gasteiger partial charge in [0.25, 0.3) is 5.91 Å². The average Bonchev–Trinajstić information content (AvgIpc) is 2.98. The molecular formula is C22H21F2IN2O3. The SMILES string of the molecule is Cc1ccc(C(=O)N2N(Cc3ccc(I)cc3)C(=O)OC23CCCCC3)c(F)c1F. The number of halogens is 3. The van der Waals surface area contributed by atoms with Gasteiger partial charge in [-0.25, -0.2) is 23.6 Å². The van der Waals surface area contributed by atoms with Gasteiger partial charge in [-0.2, -0.15) is 0 Å². The number of benzene rings is 2. The number of hydrazine groups is 1. The third-order valence-electron chi connectivity index (χ3n) is 5.69. The molecule has 0 aromatic heterocycles. The maximum absolute atomic E-state index is 14.6. The zero-order valence-electron chi connectivity index (χ0n) is 16.5. The van der Waals surface area contributed by atoms with Crippen LogP contribution >= 0.6 is 22.6 Å². The molecule has 2 fully saturated rings. The van der Waals surface area contributed by atoms with Gasteiger partial charge in [-0.1, -0.05) is 24.6 Å². The number of aryl methyl sites for hydroxylation is 1. The summed E-state index contributed by atoms with van der Waals surface area (Å²) < 4.78 is 35.6. The summed E-state index contributed by atoms with van der Waals surface area (Å²) in [6.45, 7) is 1.53. The first-order valence-electron chi connectivity index (χ1n) is 9.86. The summed E-state index contributed by atoms with van der Waals surface area (Å²) in [5.74, 6) is -3.04. The van der Waals surface area contributed by atoms with Gasteiger partial charge in [0.05, 0.1) is 12.1 Å². The van der Waals surface area contributed by atoms with Crippen LogP contribution in [0.25, 0.3) is 0 Å². The van der Waals surface area contributed by atoms with Gasteiger partial charge in [-0.15, -0.1) is 0 Å². The number of carbonyl (C=O) groups excluding carboxylic acids is 2. The van der Waals surface area contributed by atoms with Gasteiger partial charge in [0.2, 0.25) is 5.72 Å². The number of hydrogen-bond acceptors (Lipinski definition) is 3. The van der Waals surface area contributed by atoms with E-state index in [2.05, 4.69) is 22.6 Å². The number of rotatable bonds is 3. The molecule has 4 rings (SSSR count). The highest BCUT2D eigenvalue weighted by molar-refractivity contribution is 14.1. The second kappa shape index (κ2) is 8.13. The van der Waals surface area contributed by atoms with Crippen LogP contribution < -0.4 is 0 Å². The molecule has 1 saturated carbocycles. The van der Waals surface area contributed by atoms with Gasteiger partial charge in [0.15, 0.2) is 11.6 Å². The van der Waals surface area contributed by atoms with E-state index >= 15 is 0 Å². The van der Waals surface area contributed by atoms with Gasteiger partial charge < -0.3 is 4.74 Å². The lowest BCUT2D eigenvalue weighted by Crippen LogP contribution is -2.54. The topological polar surface area (TPSA) is 49.9 Å². The standard InChI is InChI=1S/C22H21F2IN2O3/c1-14-5-10-17(19(24)18(14)23)20(28)27-22(11-3-2-4-12-22)30-21(29)26(27)13-15-6-8-16(25)9-7-15/h5-10H,2-4,11-13H2,1H3. The molecule has 30 heavy (non-hydrogen) atoms. The zero-order chi connectivity index (χ0) is 21.5. The molecule has 1 saturated heterocycles. The molecule has 0 atom stereocenters. The zero-order valence-corrected chi connectivity index (χ0v) is 18.6. The predicted octanol–water partition coefficient (Wildman–Crippen LogP) is 5.55. The van der Waals surface area contributed by atoms with Crippen LogP contribution in [-0.4, -0.2) is 27.7 Å². The smallest absolute Gasteiger partial charge is 0.419 e. The monoisotopic (exact) mass is 526 g/mol. The first-order chi connectivity index (χ1) is 14.3. The fourth-order valence-electron chi connectivity index (χ4n) is 4.10. The van der Waals surface area contributed by atoms with Crippen molar-refractivity contribution in [2.24, 2.45) is 0 Å². The van der Waals surface area contributed by atoms with Crippen molar-refractivity contribution in [2.45, 2.75) is 51.3 Å². The van der Waals surface area contributed by atoms with Crippen LogP contribution in [0.1, 0.15) is 53.6 Å². The highest BCUT2D eigenvalue weighted by Gasteiger charge is 2.55. The summed E-state index contributed by atoms with van der Waals surface area (Å²) in [5, 5.41) is 2.44. The maximum Gasteiger partial charge on any atom is 0.431 e. The molecule has 2 aromatic rings. The molecule has 0 N–H and O–H groups in total. The second-order valence-corrected chi connectivity index (χ2v) is 8.98. The van der Waals surface area contributed by atoms with Gasteiger partial charge in [-0.05, 0) is 71.7 Å². The van der Waals surface area contributed by atoms with E-state index < -0.39 is 34.9 Å². The van der Waals surface area contributed by atoms with Crippen molar-refractivity contribution in [1.29, 1.82) is 0 Å². The number of ether oxygens (including phenoxy) is 1. The van der Waals surface area contributed by atoms with E-state index in [4.69, 9.17) is 4.74 Å². The second-order valence-electron chi connectivity index (χ2n) is 7.73. The van der Waals surface area contributed by atoms with Crippen LogP contribution in [0.2, 0.25) is 0 Å². The Kier molecular flexibility index (Phi) is 5.69. The highest BCUT2D eigenvalue weighted by atomic mass is 127. The Bertz CT molecular complexity index is 991. The van der Waals surface area contributed by atoms with E-state index in [-0.39, 0.29) is 12.1 Å². The third-order valence-corrected chi connectivity index (χ3v) is 6.41. The van der Waals surface area contributed by atoms with Crippen LogP contribution in [-0.2, 0) is 11.3 Å². The van der Waals surface area contributed by atoms with Crippen LogP contribution in [0.5, 0.6) is 0 Å². The Labute approximate surface area is 187 Å². The van der Waals surface area contributed by atoms with Crippen LogP contribution in [0.3, 0.4) is 0 Å². The lowest BCUT2D eigenvalue weighted by molar-refractivity contribution is -0.106. The van der Waals surface area contributed by atoms with Crippen molar-refractivity contribution in [3.05, 3.63) is 68.3 Å². The van der Waals surface area contributed by atoms with Gasteiger partial charge in [0.1, 0.15) is 0 Å². The van der Waals surface area contributed by atoms with E-state index in [0.29, 0.717) is 12.8 Å². The molecule has 1 aliphatic heterocycles. The molecular weight excluding hydrogens is 505 g/mol. The summed E-state index contributed by atoms with van der Waals surface area (Å²) in [6, 6.07) is 10.1. The molecule has 8 heteroatoms. The molecule has 2 aliphatic rings. The largest absolute Gasteiger partial charge is 0.431 e. The molecule has 1 aliphatic carbocycles. The van der Waals surface area contributed by atoms with E-state index in [1.54, 1.807) is 0 Å². The first-order valence-corrected chi connectivity index (χ1v) is 10.9. The lowest BCUT2D eigenvalue weighted by Gasteiger charge is -2.40. The number of amides is 2. The van der Waals surface area contributed by atoms with Crippen LogP contribution in [0.4, 0.5) is 13.6 Å². The minimum absolute atomic E-state index is 0.0964. The number of carbonyl (C=O) groups is 2. The average molecular weight is 526 g/mol. The van der Waals surface area contributed by atoms with Crippen molar-refractivity contribution in [3.8, 4) is 0 Å². The fraction of sp³-hybridized carbons (Fsp3) is 0.364. The third kappa shape index (κ3) is 3.66. The number of nitrogens with zero attached hydrogens (tertiary/aromatic N) is 2. The highest BCUT2D eigenvalue weighted by Crippen LogP contribution is 2.42. The Morgan fingerprint density at radius 1 is 1.07 bits per heavy atom. The van der Waals surface area contributed by atoms with Gasteiger partial charge >= 0.3 is 6.09 Å². The molecule has 158 valence electrons. The van der Waals surface area contributed by atoms with Gasteiger partial charge in [-0.3, -0.25) is 4.79 Å². The van der Waals surface area contributed by atoms with Crippen molar-refractivity contribution in [2.75, 3.05) is 0 Å². The summed E-state index contributed by atoms with van der Waals surface area (Å²) >= 11 is 2.18. The summed E-state index contributed by atoms with van der Waals surface area (Å²) in [6.07, 6.45) is 2.79. The molecule has 0 bridgehead atoms. The van der Waals surface area contributed by atoms with Crippen molar-refractivity contribution >= 4 is 34.6 Å². The van der Waals surface area contributed by atoms with Crippen molar-refractivity contribution in [1.82, 2.24) is 10.0 Å². The molecule has 2 aromatic carbocycles. The fourth-order valence-corrected chi connectivity index (χ4v) is 4.46. The molecule has 5 nitrogen and oxygen atoms in total. The van der Waals surface area contributed by atoms with Crippen molar-refractivity contribution < 1.29 is 23.1 Å². The minimum atomic E-state index is -1.21. The van der Waals surface area contributed by atoms with E-state index in [9.17, 15) is 18.4 Å². The van der Waals surface area contributed by atoms with Crippen LogP contribution in [0.15, 0.2) is 36.4 Å². The van der Waals surface area contributed by atoms with Crippen LogP contribution in [0, 0.1) is 22.1 Å². The Hall–Kier alpha value is -2.23. The molecule has 1 spiro atoms. The Morgan fingerprint density at radius 2 is 1.73 bits per heavy atom. The minimum Gasteiger partial charge on any atom is -0.419 e. The summed E-state index contributed by atoms with van der Waals surface area (Å²) in [5.41, 5.74) is -0.660. The lowest BCUT2D eigenvalue weighted by atomic mass is 9.90. The molecule has 0 unspecified atom stereocenters. The molecule has 1 heterocycles.